The zero-order chi connectivity index (χ0) is 20.3. The summed E-state index contributed by atoms with van der Waals surface area (Å²) in [7, 11) is 0. The van der Waals surface area contributed by atoms with Gasteiger partial charge in [-0.25, -0.2) is 13.2 Å². The van der Waals surface area contributed by atoms with Gasteiger partial charge in [0.2, 0.25) is 5.91 Å². The van der Waals surface area contributed by atoms with Crippen molar-refractivity contribution in [3.05, 3.63) is 41.2 Å². The van der Waals surface area contributed by atoms with Gasteiger partial charge in [0, 0.05) is 31.0 Å². The third-order valence-electron chi connectivity index (χ3n) is 5.07. The number of alkyl halides is 2. The summed E-state index contributed by atoms with van der Waals surface area (Å²) in [5.41, 5.74) is 1.83. The Labute approximate surface area is 161 Å². The largest absolute Gasteiger partial charge is 0.489 e. The maximum Gasteiger partial charge on any atom is 0.254 e. The number of rotatable bonds is 7. The molecule has 1 aliphatic carbocycles. The van der Waals surface area contributed by atoms with Gasteiger partial charge < -0.3 is 15.0 Å². The van der Waals surface area contributed by atoms with Crippen LogP contribution in [-0.4, -0.2) is 48.4 Å². The molecule has 8 heteroatoms. The summed E-state index contributed by atoms with van der Waals surface area (Å²) in [5.74, 6) is -2.85. The predicted octanol–water partition coefficient (Wildman–Crippen LogP) is 3.24. The van der Waals surface area contributed by atoms with Crippen molar-refractivity contribution < 1.29 is 27.5 Å². The second-order valence-electron chi connectivity index (χ2n) is 7.23. The summed E-state index contributed by atoms with van der Waals surface area (Å²) in [6.07, 6.45) is 0.933. The van der Waals surface area contributed by atoms with E-state index in [1.807, 2.05) is 6.92 Å². The Kier molecular flexibility index (Phi) is 5.96. The van der Waals surface area contributed by atoms with Crippen LogP contribution in [0.3, 0.4) is 0 Å². The van der Waals surface area contributed by atoms with E-state index >= 15 is 0 Å². The van der Waals surface area contributed by atoms with Crippen LogP contribution in [0.1, 0.15) is 42.1 Å². The second-order valence-corrected chi connectivity index (χ2v) is 7.23. The molecule has 0 unspecified atom stereocenters. The van der Waals surface area contributed by atoms with Gasteiger partial charge in [0.25, 0.3) is 11.8 Å². The van der Waals surface area contributed by atoms with Crippen LogP contribution in [-0.2, 0) is 11.2 Å². The van der Waals surface area contributed by atoms with Crippen LogP contribution in [0.25, 0.3) is 0 Å². The first kappa shape index (κ1) is 20.2. The number of amides is 2. The average molecular weight is 396 g/mol. The molecule has 1 aliphatic heterocycles. The molecule has 1 fully saturated rings. The normalized spacial score (nSPS) is 19.1. The highest BCUT2D eigenvalue weighted by atomic mass is 19.3. The topological polar surface area (TPSA) is 58.6 Å². The number of nitrogens with one attached hydrogen (secondary N) is 1. The molecule has 0 bridgehead atoms. The van der Waals surface area contributed by atoms with E-state index in [0.717, 1.165) is 5.56 Å². The van der Waals surface area contributed by atoms with Crippen molar-refractivity contribution in [2.45, 2.75) is 44.6 Å². The third-order valence-corrected chi connectivity index (χ3v) is 5.07. The summed E-state index contributed by atoms with van der Waals surface area (Å²) in [5, 5.41) is 2.54. The van der Waals surface area contributed by atoms with E-state index in [-0.39, 0.29) is 31.9 Å². The van der Waals surface area contributed by atoms with Gasteiger partial charge in [0.1, 0.15) is 12.4 Å². The van der Waals surface area contributed by atoms with Gasteiger partial charge >= 0.3 is 0 Å². The van der Waals surface area contributed by atoms with Gasteiger partial charge in [-0.2, -0.15) is 0 Å². The molecule has 0 radical (unpaired) electrons. The summed E-state index contributed by atoms with van der Waals surface area (Å²) >= 11 is 0. The van der Waals surface area contributed by atoms with Crippen molar-refractivity contribution in [1.29, 1.82) is 0 Å². The molecule has 152 valence electrons. The summed E-state index contributed by atoms with van der Waals surface area (Å²) < 4.78 is 43.9. The van der Waals surface area contributed by atoms with Crippen LogP contribution in [0.4, 0.5) is 13.2 Å². The lowest BCUT2D eigenvalue weighted by Gasteiger charge is -2.36. The molecule has 1 aromatic carbocycles. The average Bonchev–Trinajstić information content (AvgIpc) is 2.63. The SMILES string of the molecule is CC/C(=C/F)COc1ccc2c(c1)CCN(CC(=O)NC1CC(F)(F)C1)C2=O. The van der Waals surface area contributed by atoms with Crippen LogP contribution in [0, 0.1) is 0 Å². The first-order valence-corrected chi connectivity index (χ1v) is 9.31. The molecule has 0 aromatic heterocycles. The number of hydrogen-bond donors (Lipinski definition) is 1. The van der Waals surface area contributed by atoms with E-state index in [0.29, 0.717) is 42.6 Å². The van der Waals surface area contributed by atoms with Gasteiger partial charge in [0.05, 0.1) is 12.9 Å². The van der Waals surface area contributed by atoms with Crippen LogP contribution < -0.4 is 10.1 Å². The highest BCUT2D eigenvalue weighted by molar-refractivity contribution is 5.98. The summed E-state index contributed by atoms with van der Waals surface area (Å²) in [4.78, 5) is 26.1. The highest BCUT2D eigenvalue weighted by Gasteiger charge is 2.46. The molecular weight excluding hydrogens is 373 g/mol. The molecule has 1 heterocycles. The van der Waals surface area contributed by atoms with Gasteiger partial charge in [-0.3, -0.25) is 9.59 Å². The minimum Gasteiger partial charge on any atom is -0.489 e. The molecule has 3 rings (SSSR count). The van der Waals surface area contributed by atoms with Crippen LogP contribution in [0.5, 0.6) is 5.75 Å². The molecule has 1 saturated carbocycles. The Bertz CT molecular complexity index is 787. The van der Waals surface area contributed by atoms with Crippen molar-refractivity contribution in [2.75, 3.05) is 19.7 Å². The Balaban J connectivity index is 1.56. The zero-order valence-electron chi connectivity index (χ0n) is 15.6. The molecule has 1 aromatic rings. The van der Waals surface area contributed by atoms with E-state index in [4.69, 9.17) is 4.74 Å². The quantitative estimate of drug-likeness (QED) is 0.770. The number of carbonyl (C=O) groups excluding carboxylic acids is 2. The molecule has 5 nitrogen and oxygen atoms in total. The van der Waals surface area contributed by atoms with Crippen molar-refractivity contribution in [3.63, 3.8) is 0 Å². The van der Waals surface area contributed by atoms with Gasteiger partial charge in [-0.1, -0.05) is 6.92 Å². The number of benzene rings is 1. The third kappa shape index (κ3) is 4.66. The minimum absolute atomic E-state index is 0.145. The molecule has 1 N–H and O–H groups in total. The molecule has 0 saturated heterocycles. The fourth-order valence-electron chi connectivity index (χ4n) is 3.35. The van der Waals surface area contributed by atoms with E-state index in [1.165, 1.54) is 4.90 Å². The summed E-state index contributed by atoms with van der Waals surface area (Å²) in [6.45, 7) is 2.18. The Hall–Kier alpha value is -2.51. The van der Waals surface area contributed by atoms with Gasteiger partial charge in [-0.15, -0.1) is 0 Å². The molecule has 2 aliphatic rings. The fourth-order valence-corrected chi connectivity index (χ4v) is 3.35. The van der Waals surface area contributed by atoms with Crippen molar-refractivity contribution in [1.82, 2.24) is 10.2 Å². The monoisotopic (exact) mass is 396 g/mol. The van der Waals surface area contributed by atoms with E-state index in [1.54, 1.807) is 18.2 Å². The number of halogens is 3. The molecule has 28 heavy (non-hydrogen) atoms. The lowest BCUT2D eigenvalue weighted by atomic mass is 9.88. The first-order valence-electron chi connectivity index (χ1n) is 9.31. The predicted molar refractivity (Wildman–Crippen MR) is 97.1 cm³/mol. The van der Waals surface area contributed by atoms with Crippen LogP contribution in [0.2, 0.25) is 0 Å². The van der Waals surface area contributed by atoms with Crippen molar-refractivity contribution >= 4 is 11.8 Å². The van der Waals surface area contributed by atoms with E-state index < -0.39 is 17.9 Å². The van der Waals surface area contributed by atoms with Gasteiger partial charge in [0.15, 0.2) is 0 Å². The number of carbonyl (C=O) groups is 2. The maximum absolute atomic E-state index is 12.8. The van der Waals surface area contributed by atoms with E-state index in [2.05, 4.69) is 5.32 Å². The number of ether oxygens (including phenoxy) is 1. The molecular formula is C20H23F3N2O3. The zero-order valence-corrected chi connectivity index (χ0v) is 15.6. The second kappa shape index (κ2) is 8.24. The fraction of sp³-hybridized carbons (Fsp3) is 0.500. The Morgan fingerprint density at radius 2 is 2.14 bits per heavy atom. The van der Waals surface area contributed by atoms with E-state index in [9.17, 15) is 22.8 Å². The number of fused-ring (bicyclic) bond motifs is 1. The van der Waals surface area contributed by atoms with Crippen LogP contribution in [0.15, 0.2) is 30.1 Å². The van der Waals surface area contributed by atoms with Crippen molar-refractivity contribution in [2.24, 2.45) is 0 Å². The van der Waals surface area contributed by atoms with Gasteiger partial charge in [-0.05, 0) is 42.2 Å². The molecule has 0 spiro atoms. The maximum atomic E-state index is 12.8. The highest BCUT2D eigenvalue weighted by Crippen LogP contribution is 2.37. The summed E-state index contributed by atoms with van der Waals surface area (Å²) in [6, 6.07) is 4.50. The lowest BCUT2D eigenvalue weighted by molar-refractivity contribution is -0.129. The molecule has 0 atom stereocenters. The number of hydrogen-bond acceptors (Lipinski definition) is 3. The Morgan fingerprint density at radius 3 is 2.79 bits per heavy atom. The Morgan fingerprint density at radius 1 is 1.39 bits per heavy atom. The van der Waals surface area contributed by atoms with Crippen LogP contribution >= 0.6 is 0 Å². The smallest absolute Gasteiger partial charge is 0.254 e. The first-order chi connectivity index (χ1) is 13.3. The standard InChI is InChI=1S/C20H23F3N2O3/c1-2-13(10-21)12-28-16-3-4-17-14(7-16)5-6-25(19(17)27)11-18(26)24-15-8-20(22,23)9-15/h3-4,7,10,15H,2,5-6,8-9,11-12H2,1H3,(H,24,26)/b13-10-. The molecule has 2 amide bonds. The number of nitrogens with zero attached hydrogens (tertiary/aromatic N) is 1. The van der Waals surface area contributed by atoms with Crippen molar-refractivity contribution in [3.8, 4) is 5.75 Å². The minimum atomic E-state index is -2.70. The lowest BCUT2D eigenvalue weighted by Crippen LogP contribution is -2.53.